The third-order valence-electron chi connectivity index (χ3n) is 2.88. The summed E-state index contributed by atoms with van der Waals surface area (Å²) in [4.78, 5) is 0. The highest BCUT2D eigenvalue weighted by atomic mass is 19.1. The van der Waals surface area contributed by atoms with Gasteiger partial charge in [0.25, 0.3) is 0 Å². The zero-order valence-corrected chi connectivity index (χ0v) is 9.94. The largest absolute Gasteiger partial charge is 0.451 e. The van der Waals surface area contributed by atoms with Crippen molar-refractivity contribution in [2.45, 2.75) is 0 Å². The van der Waals surface area contributed by atoms with Gasteiger partial charge in [-0.25, -0.2) is 8.78 Å². The predicted octanol–water partition coefficient (Wildman–Crippen LogP) is 4.91. The molecule has 0 amide bonds. The van der Waals surface area contributed by atoms with E-state index in [-0.39, 0.29) is 5.75 Å². The lowest BCUT2D eigenvalue weighted by atomic mass is 10.1. The maximum absolute atomic E-state index is 13.6. The summed E-state index contributed by atoms with van der Waals surface area (Å²) < 4.78 is 32.5. The average Bonchev–Trinajstić information content (AvgIpc) is 2.43. The van der Waals surface area contributed by atoms with Crippen molar-refractivity contribution >= 4 is 10.8 Å². The Hall–Kier alpha value is -2.42. The molecule has 0 aromatic heterocycles. The predicted molar refractivity (Wildman–Crippen MR) is 70.4 cm³/mol. The number of halogens is 2. The highest BCUT2D eigenvalue weighted by molar-refractivity contribution is 5.88. The Morgan fingerprint density at radius 1 is 0.684 bits per heavy atom. The van der Waals surface area contributed by atoms with Gasteiger partial charge in [0, 0.05) is 5.39 Å². The lowest BCUT2D eigenvalue weighted by Gasteiger charge is -2.10. The summed E-state index contributed by atoms with van der Waals surface area (Å²) in [6.45, 7) is 0. The summed E-state index contributed by atoms with van der Waals surface area (Å²) in [5.41, 5.74) is 0. The Morgan fingerprint density at radius 3 is 2.11 bits per heavy atom. The third-order valence-corrected chi connectivity index (χ3v) is 2.88. The minimum absolute atomic E-state index is 0.376. The molecule has 0 radical (unpaired) electrons. The number of para-hydroxylation sites is 1. The summed E-state index contributed by atoms with van der Waals surface area (Å²) in [6.07, 6.45) is 0. The quantitative estimate of drug-likeness (QED) is 0.633. The van der Waals surface area contributed by atoms with E-state index in [1.807, 2.05) is 30.3 Å². The lowest BCUT2D eigenvalue weighted by Crippen LogP contribution is -1.92. The van der Waals surface area contributed by atoms with Crippen molar-refractivity contribution < 1.29 is 13.5 Å². The molecule has 0 saturated heterocycles. The molecule has 3 aromatic rings. The van der Waals surface area contributed by atoms with E-state index >= 15 is 0 Å². The topological polar surface area (TPSA) is 9.23 Å². The summed E-state index contributed by atoms with van der Waals surface area (Å²) in [6, 6.07) is 16.6. The average molecular weight is 256 g/mol. The second-order valence-corrected chi connectivity index (χ2v) is 4.13. The maximum Gasteiger partial charge on any atom is 0.198 e. The van der Waals surface area contributed by atoms with E-state index in [9.17, 15) is 8.78 Å². The fourth-order valence-electron chi connectivity index (χ4n) is 1.97. The molecule has 0 unspecified atom stereocenters. The fourth-order valence-corrected chi connectivity index (χ4v) is 1.97. The summed E-state index contributed by atoms with van der Waals surface area (Å²) >= 11 is 0. The molecule has 0 atom stereocenters. The van der Waals surface area contributed by atoms with E-state index < -0.39 is 11.6 Å². The summed E-state index contributed by atoms with van der Waals surface area (Å²) in [7, 11) is 0. The van der Waals surface area contributed by atoms with E-state index in [1.54, 1.807) is 12.1 Å². The van der Waals surface area contributed by atoms with Gasteiger partial charge < -0.3 is 4.74 Å². The second kappa shape index (κ2) is 4.69. The van der Waals surface area contributed by atoms with Gasteiger partial charge in [-0.15, -0.1) is 0 Å². The van der Waals surface area contributed by atoms with E-state index in [0.29, 0.717) is 5.75 Å². The van der Waals surface area contributed by atoms with Crippen LogP contribution in [0, 0.1) is 11.6 Å². The standard InChI is InChI=1S/C16H10F2O/c17-13-8-4-9-14(18)16(13)19-15-10-3-6-11-5-1-2-7-12(11)15/h1-10H. The zero-order chi connectivity index (χ0) is 13.2. The Kier molecular flexibility index (Phi) is 2.88. The van der Waals surface area contributed by atoms with Gasteiger partial charge in [-0.3, -0.25) is 0 Å². The van der Waals surface area contributed by atoms with Crippen LogP contribution >= 0.6 is 0 Å². The molecule has 1 nitrogen and oxygen atoms in total. The third kappa shape index (κ3) is 2.15. The SMILES string of the molecule is Fc1cccc(F)c1Oc1cccc2ccccc12. The number of hydrogen-bond donors (Lipinski definition) is 0. The molecule has 0 aliphatic rings. The smallest absolute Gasteiger partial charge is 0.198 e. The molecule has 19 heavy (non-hydrogen) atoms. The van der Waals surface area contributed by atoms with Crippen molar-refractivity contribution in [3.05, 3.63) is 72.3 Å². The fraction of sp³-hybridized carbons (Fsp3) is 0. The van der Waals surface area contributed by atoms with Gasteiger partial charge in [0.2, 0.25) is 0 Å². The van der Waals surface area contributed by atoms with Crippen molar-refractivity contribution in [2.24, 2.45) is 0 Å². The zero-order valence-electron chi connectivity index (χ0n) is 9.94. The Labute approximate surface area is 109 Å². The monoisotopic (exact) mass is 256 g/mol. The maximum atomic E-state index is 13.6. The van der Waals surface area contributed by atoms with Crippen LogP contribution in [0.15, 0.2) is 60.7 Å². The van der Waals surface area contributed by atoms with Crippen LogP contribution in [0.5, 0.6) is 11.5 Å². The first kappa shape index (κ1) is 11.7. The minimum atomic E-state index is -0.715. The highest BCUT2D eigenvalue weighted by Gasteiger charge is 2.12. The molecule has 0 aliphatic carbocycles. The van der Waals surface area contributed by atoms with Gasteiger partial charge in [0.15, 0.2) is 17.4 Å². The van der Waals surface area contributed by atoms with Crippen LogP contribution in [0.1, 0.15) is 0 Å². The van der Waals surface area contributed by atoms with E-state index in [1.165, 1.54) is 18.2 Å². The molecular formula is C16H10F2O. The molecule has 3 aromatic carbocycles. The van der Waals surface area contributed by atoms with Gasteiger partial charge in [-0.05, 0) is 23.6 Å². The molecule has 94 valence electrons. The number of ether oxygens (including phenoxy) is 1. The first-order valence-electron chi connectivity index (χ1n) is 5.85. The normalized spacial score (nSPS) is 10.6. The van der Waals surface area contributed by atoms with Crippen LogP contribution in [0.3, 0.4) is 0 Å². The minimum Gasteiger partial charge on any atom is -0.451 e. The van der Waals surface area contributed by atoms with Crippen LogP contribution in [-0.4, -0.2) is 0 Å². The number of rotatable bonds is 2. The van der Waals surface area contributed by atoms with Gasteiger partial charge in [0.1, 0.15) is 5.75 Å². The molecule has 0 saturated carbocycles. The van der Waals surface area contributed by atoms with Gasteiger partial charge in [-0.2, -0.15) is 0 Å². The summed E-state index contributed by atoms with van der Waals surface area (Å²) in [5, 5.41) is 1.77. The molecular weight excluding hydrogens is 246 g/mol. The first-order chi connectivity index (χ1) is 9.25. The molecule has 3 rings (SSSR count). The van der Waals surface area contributed by atoms with E-state index in [0.717, 1.165) is 10.8 Å². The Morgan fingerprint density at radius 2 is 1.32 bits per heavy atom. The van der Waals surface area contributed by atoms with E-state index in [4.69, 9.17) is 4.74 Å². The van der Waals surface area contributed by atoms with Crippen molar-refractivity contribution in [3.63, 3.8) is 0 Å². The van der Waals surface area contributed by atoms with Gasteiger partial charge >= 0.3 is 0 Å². The molecule has 0 fully saturated rings. The van der Waals surface area contributed by atoms with Crippen molar-refractivity contribution in [1.29, 1.82) is 0 Å². The van der Waals surface area contributed by atoms with Crippen LogP contribution < -0.4 is 4.74 Å². The molecule has 3 heteroatoms. The van der Waals surface area contributed by atoms with Crippen LogP contribution in [0.2, 0.25) is 0 Å². The summed E-state index contributed by atoms with van der Waals surface area (Å²) in [5.74, 6) is -1.37. The first-order valence-corrected chi connectivity index (χ1v) is 5.85. The Balaban J connectivity index is 2.11. The van der Waals surface area contributed by atoms with Gasteiger partial charge in [0.05, 0.1) is 0 Å². The molecule has 0 heterocycles. The van der Waals surface area contributed by atoms with Crippen molar-refractivity contribution in [2.75, 3.05) is 0 Å². The molecule has 0 N–H and O–H groups in total. The van der Waals surface area contributed by atoms with Crippen LogP contribution in [0.25, 0.3) is 10.8 Å². The van der Waals surface area contributed by atoms with Crippen LogP contribution in [0.4, 0.5) is 8.78 Å². The molecule has 0 bridgehead atoms. The second-order valence-electron chi connectivity index (χ2n) is 4.13. The lowest BCUT2D eigenvalue weighted by molar-refractivity contribution is 0.411. The molecule has 0 aliphatic heterocycles. The number of benzene rings is 3. The highest BCUT2D eigenvalue weighted by Crippen LogP contribution is 2.32. The Bertz CT molecular complexity index is 712. The van der Waals surface area contributed by atoms with Crippen molar-refractivity contribution in [3.8, 4) is 11.5 Å². The number of fused-ring (bicyclic) bond motifs is 1. The van der Waals surface area contributed by atoms with Gasteiger partial charge in [-0.1, -0.05) is 42.5 Å². The number of hydrogen-bond acceptors (Lipinski definition) is 1. The van der Waals surface area contributed by atoms with Crippen molar-refractivity contribution in [1.82, 2.24) is 0 Å². The van der Waals surface area contributed by atoms with E-state index in [2.05, 4.69) is 0 Å². The molecule has 0 spiro atoms. The van der Waals surface area contributed by atoms with Crippen LogP contribution in [-0.2, 0) is 0 Å².